The van der Waals surface area contributed by atoms with Crippen molar-refractivity contribution in [2.24, 2.45) is 0 Å². The van der Waals surface area contributed by atoms with E-state index in [1.165, 1.54) is 18.6 Å². The molecule has 5 nitrogen and oxygen atoms in total. The predicted molar refractivity (Wildman–Crippen MR) is 85.0 cm³/mol. The number of anilines is 1. The molecule has 22 heavy (non-hydrogen) atoms. The molecule has 1 fully saturated rings. The van der Waals surface area contributed by atoms with Gasteiger partial charge in [-0.25, -0.2) is 0 Å². The number of hydrogen-bond acceptors (Lipinski definition) is 4. The Morgan fingerprint density at radius 2 is 1.91 bits per heavy atom. The number of hydrogen-bond donors (Lipinski definition) is 2. The third-order valence-electron chi connectivity index (χ3n) is 4.03. The lowest BCUT2D eigenvalue weighted by molar-refractivity contribution is -0.112. The summed E-state index contributed by atoms with van der Waals surface area (Å²) in [5.74, 6) is -0.303. The zero-order valence-corrected chi connectivity index (χ0v) is 12.9. The van der Waals surface area contributed by atoms with Crippen LogP contribution in [0.1, 0.15) is 33.1 Å². The SMILES string of the molecule is CC1CCCC(C)N1/C=C(/C#N)C(=O)Nc1ccc(O)cc1. The first kappa shape index (κ1) is 15.9. The quantitative estimate of drug-likeness (QED) is 0.511. The summed E-state index contributed by atoms with van der Waals surface area (Å²) in [4.78, 5) is 14.3. The molecule has 2 rings (SSSR count). The van der Waals surface area contributed by atoms with Crippen molar-refractivity contribution in [1.29, 1.82) is 5.26 Å². The molecule has 0 aromatic heterocycles. The van der Waals surface area contributed by atoms with Crippen molar-refractivity contribution in [2.75, 3.05) is 5.32 Å². The highest BCUT2D eigenvalue weighted by molar-refractivity contribution is 6.06. The van der Waals surface area contributed by atoms with Crippen LogP contribution in [0.5, 0.6) is 5.75 Å². The maximum atomic E-state index is 12.2. The molecule has 2 unspecified atom stereocenters. The van der Waals surface area contributed by atoms with Gasteiger partial charge in [0.25, 0.3) is 5.91 Å². The second-order valence-electron chi connectivity index (χ2n) is 5.73. The molecule has 1 aliphatic rings. The summed E-state index contributed by atoms with van der Waals surface area (Å²) >= 11 is 0. The molecule has 0 radical (unpaired) electrons. The van der Waals surface area contributed by atoms with Crippen molar-refractivity contribution >= 4 is 11.6 Å². The lowest BCUT2D eigenvalue weighted by Crippen LogP contribution is -2.40. The number of benzene rings is 1. The van der Waals surface area contributed by atoms with Gasteiger partial charge in [0.2, 0.25) is 0 Å². The minimum Gasteiger partial charge on any atom is -0.508 e. The summed E-state index contributed by atoms with van der Waals surface area (Å²) in [5.41, 5.74) is 0.636. The first-order chi connectivity index (χ1) is 10.5. The van der Waals surface area contributed by atoms with Gasteiger partial charge in [-0.1, -0.05) is 0 Å². The molecular weight excluding hydrogens is 278 g/mol. The largest absolute Gasteiger partial charge is 0.508 e. The molecule has 0 spiro atoms. The van der Waals surface area contributed by atoms with Crippen LogP contribution in [0, 0.1) is 11.3 Å². The molecule has 2 N–H and O–H groups in total. The molecule has 0 saturated carbocycles. The lowest BCUT2D eigenvalue weighted by atomic mass is 9.98. The predicted octanol–water partition coefficient (Wildman–Crippen LogP) is 3.00. The molecule has 116 valence electrons. The fraction of sp³-hybridized carbons (Fsp3) is 0.412. The van der Waals surface area contributed by atoms with Crippen LogP contribution in [0.25, 0.3) is 0 Å². The first-order valence-electron chi connectivity index (χ1n) is 7.51. The minimum atomic E-state index is -0.432. The maximum Gasteiger partial charge on any atom is 0.267 e. The average molecular weight is 299 g/mol. The van der Waals surface area contributed by atoms with E-state index < -0.39 is 5.91 Å². The number of nitrogens with one attached hydrogen (secondary N) is 1. The van der Waals surface area contributed by atoms with Crippen LogP contribution < -0.4 is 5.32 Å². The van der Waals surface area contributed by atoms with E-state index in [1.807, 2.05) is 6.07 Å². The van der Waals surface area contributed by atoms with Crippen molar-refractivity contribution in [3.05, 3.63) is 36.0 Å². The third kappa shape index (κ3) is 3.79. The molecule has 1 amide bonds. The van der Waals surface area contributed by atoms with Crippen LogP contribution in [0.2, 0.25) is 0 Å². The molecule has 1 heterocycles. The highest BCUT2D eigenvalue weighted by Crippen LogP contribution is 2.23. The zero-order chi connectivity index (χ0) is 16.1. The van der Waals surface area contributed by atoms with Gasteiger partial charge in [0.05, 0.1) is 0 Å². The Morgan fingerprint density at radius 1 is 1.32 bits per heavy atom. The Labute approximate surface area is 130 Å². The molecule has 1 aromatic carbocycles. The number of aromatic hydroxyl groups is 1. The maximum absolute atomic E-state index is 12.2. The highest BCUT2D eigenvalue weighted by Gasteiger charge is 2.23. The number of piperidine rings is 1. The number of amides is 1. The Morgan fingerprint density at radius 3 is 2.45 bits per heavy atom. The topological polar surface area (TPSA) is 76.4 Å². The van der Waals surface area contributed by atoms with Crippen molar-refractivity contribution in [3.63, 3.8) is 0 Å². The molecule has 0 bridgehead atoms. The second-order valence-corrected chi connectivity index (χ2v) is 5.73. The van der Waals surface area contributed by atoms with Crippen LogP contribution in [-0.4, -0.2) is 28.0 Å². The average Bonchev–Trinajstić information content (AvgIpc) is 2.49. The smallest absolute Gasteiger partial charge is 0.267 e. The second kappa shape index (κ2) is 6.99. The molecule has 5 heteroatoms. The van der Waals surface area contributed by atoms with E-state index in [-0.39, 0.29) is 11.3 Å². The molecule has 1 aromatic rings. The van der Waals surface area contributed by atoms with E-state index in [0.717, 1.165) is 12.8 Å². The van der Waals surface area contributed by atoms with E-state index in [9.17, 15) is 15.2 Å². The van der Waals surface area contributed by atoms with Crippen LogP contribution in [0.15, 0.2) is 36.0 Å². The highest BCUT2D eigenvalue weighted by atomic mass is 16.3. The molecule has 1 aliphatic heterocycles. The lowest BCUT2D eigenvalue weighted by Gasteiger charge is -2.38. The number of rotatable bonds is 3. The summed E-state index contributed by atoms with van der Waals surface area (Å²) < 4.78 is 0. The first-order valence-corrected chi connectivity index (χ1v) is 7.51. The van der Waals surface area contributed by atoms with E-state index in [4.69, 9.17) is 0 Å². The normalized spacial score (nSPS) is 22.0. The number of likely N-dealkylation sites (tertiary alicyclic amines) is 1. The van der Waals surface area contributed by atoms with Gasteiger partial charge in [-0.05, 0) is 57.4 Å². The molecular formula is C17H21N3O2. The van der Waals surface area contributed by atoms with Crippen molar-refractivity contribution in [3.8, 4) is 11.8 Å². The van der Waals surface area contributed by atoms with Gasteiger partial charge in [-0.3, -0.25) is 4.79 Å². The van der Waals surface area contributed by atoms with Crippen LogP contribution in [0.4, 0.5) is 5.69 Å². The van der Waals surface area contributed by atoms with E-state index in [1.54, 1.807) is 18.3 Å². The number of nitrogens with zero attached hydrogens (tertiary/aromatic N) is 2. The summed E-state index contributed by atoms with van der Waals surface area (Å²) in [6, 6.07) is 8.79. The zero-order valence-electron chi connectivity index (χ0n) is 12.9. The number of phenols is 1. The molecule has 0 aliphatic carbocycles. The number of phenolic OH excluding ortho intramolecular Hbond substituents is 1. The van der Waals surface area contributed by atoms with Gasteiger partial charge in [-0.15, -0.1) is 0 Å². The minimum absolute atomic E-state index is 0.0914. The Kier molecular flexibility index (Phi) is 5.05. The van der Waals surface area contributed by atoms with Crippen LogP contribution >= 0.6 is 0 Å². The number of carbonyl (C=O) groups is 1. The van der Waals surface area contributed by atoms with Gasteiger partial charge < -0.3 is 15.3 Å². The Bertz CT molecular complexity index is 591. The Hall–Kier alpha value is -2.48. The van der Waals surface area contributed by atoms with Crippen molar-refractivity contribution < 1.29 is 9.90 Å². The van der Waals surface area contributed by atoms with Crippen LogP contribution in [0.3, 0.4) is 0 Å². The van der Waals surface area contributed by atoms with E-state index >= 15 is 0 Å². The molecule has 1 saturated heterocycles. The van der Waals surface area contributed by atoms with Gasteiger partial charge in [0, 0.05) is 24.0 Å². The van der Waals surface area contributed by atoms with Gasteiger partial charge >= 0.3 is 0 Å². The fourth-order valence-corrected chi connectivity index (χ4v) is 2.73. The summed E-state index contributed by atoms with van der Waals surface area (Å²) in [7, 11) is 0. The van der Waals surface area contributed by atoms with E-state index in [2.05, 4.69) is 24.1 Å². The number of nitriles is 1. The van der Waals surface area contributed by atoms with Gasteiger partial charge in [0.15, 0.2) is 0 Å². The van der Waals surface area contributed by atoms with Gasteiger partial charge in [-0.2, -0.15) is 5.26 Å². The summed E-state index contributed by atoms with van der Waals surface area (Å²) in [6.45, 7) is 4.22. The number of carbonyl (C=O) groups excluding carboxylic acids is 1. The Balaban J connectivity index is 2.13. The van der Waals surface area contributed by atoms with Crippen LogP contribution in [-0.2, 0) is 4.79 Å². The van der Waals surface area contributed by atoms with Crippen molar-refractivity contribution in [1.82, 2.24) is 4.90 Å². The van der Waals surface area contributed by atoms with Gasteiger partial charge in [0.1, 0.15) is 17.4 Å². The summed E-state index contributed by atoms with van der Waals surface area (Å²) in [6.07, 6.45) is 4.98. The molecule has 2 atom stereocenters. The summed E-state index contributed by atoms with van der Waals surface area (Å²) in [5, 5.41) is 21.2. The third-order valence-corrected chi connectivity index (χ3v) is 4.03. The monoisotopic (exact) mass is 299 g/mol. The van der Waals surface area contributed by atoms with Crippen molar-refractivity contribution in [2.45, 2.75) is 45.2 Å². The standard InChI is InChI=1S/C17H21N3O2/c1-12-4-3-5-13(2)20(12)11-14(10-18)17(22)19-15-6-8-16(21)9-7-15/h6-9,11-13,21H,3-5H2,1-2H3,(H,19,22)/b14-11-. The van der Waals surface area contributed by atoms with E-state index in [0.29, 0.717) is 17.8 Å². The fourth-order valence-electron chi connectivity index (χ4n) is 2.73.